The van der Waals surface area contributed by atoms with Gasteiger partial charge in [0.05, 0.1) is 17.8 Å². The van der Waals surface area contributed by atoms with Crippen LogP contribution in [0.15, 0.2) is 42.7 Å². The number of halogens is 2. The SMILES string of the molecule is CCC(NC(=O)c1ccncc1F)c1ccc(Cl)cc1. The van der Waals surface area contributed by atoms with E-state index in [4.69, 9.17) is 11.6 Å². The Bertz CT molecular complexity index is 601. The van der Waals surface area contributed by atoms with Gasteiger partial charge in [-0.3, -0.25) is 9.78 Å². The monoisotopic (exact) mass is 292 g/mol. The van der Waals surface area contributed by atoms with Crippen LogP contribution in [-0.4, -0.2) is 10.9 Å². The molecule has 104 valence electrons. The number of benzene rings is 1. The number of hydrogen-bond acceptors (Lipinski definition) is 2. The van der Waals surface area contributed by atoms with Gasteiger partial charge in [-0.2, -0.15) is 0 Å². The van der Waals surface area contributed by atoms with Gasteiger partial charge in [-0.15, -0.1) is 0 Å². The van der Waals surface area contributed by atoms with E-state index >= 15 is 0 Å². The van der Waals surface area contributed by atoms with Gasteiger partial charge < -0.3 is 5.32 Å². The summed E-state index contributed by atoms with van der Waals surface area (Å²) in [5, 5.41) is 3.44. The number of nitrogens with one attached hydrogen (secondary N) is 1. The third-order valence-corrected chi connectivity index (χ3v) is 3.26. The van der Waals surface area contributed by atoms with Crippen LogP contribution in [0.1, 0.15) is 35.3 Å². The first-order valence-corrected chi connectivity index (χ1v) is 6.65. The van der Waals surface area contributed by atoms with Crippen LogP contribution in [0.3, 0.4) is 0 Å². The Morgan fingerprint density at radius 2 is 2.05 bits per heavy atom. The minimum absolute atomic E-state index is 0.00702. The summed E-state index contributed by atoms with van der Waals surface area (Å²) < 4.78 is 13.5. The summed E-state index contributed by atoms with van der Waals surface area (Å²) in [6.07, 6.45) is 3.11. The Kier molecular flexibility index (Phi) is 4.69. The molecule has 1 unspecified atom stereocenters. The Balaban J connectivity index is 2.16. The van der Waals surface area contributed by atoms with Crippen molar-refractivity contribution in [3.8, 4) is 0 Å². The second-order valence-corrected chi connectivity index (χ2v) is 4.78. The average molecular weight is 293 g/mol. The van der Waals surface area contributed by atoms with Gasteiger partial charge in [-0.05, 0) is 30.2 Å². The molecule has 5 heteroatoms. The van der Waals surface area contributed by atoms with Gasteiger partial charge in [-0.1, -0.05) is 30.7 Å². The second kappa shape index (κ2) is 6.48. The van der Waals surface area contributed by atoms with Gasteiger partial charge in [-0.25, -0.2) is 4.39 Å². The molecule has 0 fully saturated rings. The van der Waals surface area contributed by atoms with Crippen molar-refractivity contribution in [2.45, 2.75) is 19.4 Å². The number of carbonyl (C=O) groups excluding carboxylic acids is 1. The van der Waals surface area contributed by atoms with Crippen LogP contribution >= 0.6 is 11.6 Å². The fourth-order valence-corrected chi connectivity index (χ4v) is 2.04. The van der Waals surface area contributed by atoms with Crippen molar-refractivity contribution in [2.24, 2.45) is 0 Å². The third kappa shape index (κ3) is 3.33. The predicted octanol–water partition coefficient (Wildman–Crippen LogP) is 3.76. The highest BCUT2D eigenvalue weighted by atomic mass is 35.5. The lowest BCUT2D eigenvalue weighted by atomic mass is 10.0. The van der Waals surface area contributed by atoms with E-state index in [2.05, 4.69) is 10.3 Å². The zero-order valence-electron chi connectivity index (χ0n) is 10.9. The molecule has 1 heterocycles. The maximum Gasteiger partial charge on any atom is 0.254 e. The normalized spacial score (nSPS) is 11.9. The molecule has 0 aliphatic carbocycles. The maximum atomic E-state index is 13.5. The van der Waals surface area contributed by atoms with E-state index in [-0.39, 0.29) is 11.6 Å². The number of hydrogen-bond donors (Lipinski definition) is 1. The first-order chi connectivity index (χ1) is 9.61. The standard InChI is InChI=1S/C15H14ClFN2O/c1-2-14(10-3-5-11(16)6-4-10)19-15(20)12-7-8-18-9-13(12)17/h3-9,14H,2H2,1H3,(H,19,20). The van der Waals surface area contributed by atoms with E-state index in [9.17, 15) is 9.18 Å². The van der Waals surface area contributed by atoms with Gasteiger partial charge in [0.2, 0.25) is 0 Å². The van der Waals surface area contributed by atoms with Crippen molar-refractivity contribution in [1.29, 1.82) is 0 Å². The van der Waals surface area contributed by atoms with Crippen molar-refractivity contribution in [2.75, 3.05) is 0 Å². The summed E-state index contributed by atoms with van der Waals surface area (Å²) in [5.74, 6) is -1.08. The molecule has 3 nitrogen and oxygen atoms in total. The maximum absolute atomic E-state index is 13.5. The molecule has 0 saturated carbocycles. The highest BCUT2D eigenvalue weighted by Crippen LogP contribution is 2.20. The van der Waals surface area contributed by atoms with Gasteiger partial charge in [0.1, 0.15) is 0 Å². The fourth-order valence-electron chi connectivity index (χ4n) is 1.91. The minimum atomic E-state index is -0.629. The van der Waals surface area contributed by atoms with Crippen molar-refractivity contribution in [1.82, 2.24) is 10.3 Å². The summed E-state index contributed by atoms with van der Waals surface area (Å²) >= 11 is 5.84. The molecule has 1 atom stereocenters. The van der Waals surface area contributed by atoms with Gasteiger partial charge in [0.25, 0.3) is 5.91 Å². The molecule has 0 radical (unpaired) electrons. The zero-order valence-corrected chi connectivity index (χ0v) is 11.7. The topological polar surface area (TPSA) is 42.0 Å². The largest absolute Gasteiger partial charge is 0.345 e. The average Bonchev–Trinajstić information content (AvgIpc) is 2.46. The third-order valence-electron chi connectivity index (χ3n) is 3.00. The van der Waals surface area contributed by atoms with E-state index < -0.39 is 11.7 Å². The molecule has 2 aromatic rings. The molecule has 0 spiro atoms. The molecule has 0 aliphatic rings. The molecule has 0 bridgehead atoms. The first kappa shape index (κ1) is 14.5. The highest BCUT2D eigenvalue weighted by molar-refractivity contribution is 6.30. The van der Waals surface area contributed by atoms with Crippen LogP contribution in [-0.2, 0) is 0 Å². The van der Waals surface area contributed by atoms with Crippen LogP contribution in [0.2, 0.25) is 5.02 Å². The summed E-state index contributed by atoms with van der Waals surface area (Å²) in [6, 6.07) is 8.39. The van der Waals surface area contributed by atoms with Crippen LogP contribution in [0.5, 0.6) is 0 Å². The lowest BCUT2D eigenvalue weighted by Crippen LogP contribution is -2.28. The summed E-state index contributed by atoms with van der Waals surface area (Å²) in [7, 11) is 0. The fraction of sp³-hybridized carbons (Fsp3) is 0.200. The number of aromatic nitrogens is 1. The van der Waals surface area contributed by atoms with Gasteiger partial charge in [0.15, 0.2) is 5.82 Å². The molecular formula is C15H14ClFN2O. The molecule has 20 heavy (non-hydrogen) atoms. The summed E-state index contributed by atoms with van der Waals surface area (Å²) in [4.78, 5) is 15.7. The van der Waals surface area contributed by atoms with Crippen molar-refractivity contribution in [3.63, 3.8) is 0 Å². The number of rotatable bonds is 4. The molecule has 1 N–H and O–H groups in total. The van der Waals surface area contributed by atoms with E-state index in [1.807, 2.05) is 19.1 Å². The van der Waals surface area contributed by atoms with Crippen molar-refractivity contribution in [3.05, 3.63) is 64.7 Å². The van der Waals surface area contributed by atoms with Gasteiger partial charge >= 0.3 is 0 Å². The Morgan fingerprint density at radius 3 is 2.65 bits per heavy atom. The first-order valence-electron chi connectivity index (χ1n) is 6.27. The molecule has 1 amide bonds. The Labute approximate surface area is 121 Å². The van der Waals surface area contributed by atoms with Crippen LogP contribution in [0.25, 0.3) is 0 Å². The Morgan fingerprint density at radius 1 is 1.35 bits per heavy atom. The van der Waals surface area contributed by atoms with Gasteiger partial charge in [0, 0.05) is 11.2 Å². The van der Waals surface area contributed by atoms with Crippen LogP contribution < -0.4 is 5.32 Å². The minimum Gasteiger partial charge on any atom is -0.345 e. The lowest BCUT2D eigenvalue weighted by molar-refractivity contribution is 0.0931. The smallest absolute Gasteiger partial charge is 0.254 e. The number of pyridine rings is 1. The van der Waals surface area contributed by atoms with Crippen molar-refractivity contribution < 1.29 is 9.18 Å². The lowest BCUT2D eigenvalue weighted by Gasteiger charge is -2.17. The molecule has 2 rings (SSSR count). The van der Waals surface area contributed by atoms with E-state index in [0.29, 0.717) is 11.4 Å². The van der Waals surface area contributed by atoms with Crippen LogP contribution in [0.4, 0.5) is 4.39 Å². The highest BCUT2D eigenvalue weighted by Gasteiger charge is 2.16. The zero-order chi connectivity index (χ0) is 14.5. The van der Waals surface area contributed by atoms with E-state index in [0.717, 1.165) is 11.8 Å². The molecule has 1 aromatic carbocycles. The van der Waals surface area contributed by atoms with E-state index in [1.54, 1.807) is 12.1 Å². The predicted molar refractivity (Wildman–Crippen MR) is 76.1 cm³/mol. The number of nitrogens with zero attached hydrogens (tertiary/aromatic N) is 1. The second-order valence-electron chi connectivity index (χ2n) is 4.34. The summed E-state index contributed by atoms with van der Waals surface area (Å²) in [6.45, 7) is 1.95. The quantitative estimate of drug-likeness (QED) is 0.932. The molecule has 0 aliphatic heterocycles. The van der Waals surface area contributed by atoms with Crippen LogP contribution in [0, 0.1) is 5.82 Å². The Hall–Kier alpha value is -1.94. The number of amides is 1. The van der Waals surface area contributed by atoms with Crippen molar-refractivity contribution >= 4 is 17.5 Å². The molecule has 0 saturated heterocycles. The molecular weight excluding hydrogens is 279 g/mol. The summed E-state index contributed by atoms with van der Waals surface area (Å²) in [5.41, 5.74) is 0.923. The molecule has 1 aromatic heterocycles. The number of carbonyl (C=O) groups is 1. The van der Waals surface area contributed by atoms with E-state index in [1.165, 1.54) is 12.3 Å².